The molecule has 198 valence electrons. The lowest BCUT2D eigenvalue weighted by Crippen LogP contribution is -2.18. The Hall–Kier alpha value is -3.45. The molecule has 3 aromatic rings. The number of ether oxygens (including phenoxy) is 2. The lowest BCUT2D eigenvalue weighted by Gasteiger charge is -2.13. The number of anilines is 1. The van der Waals surface area contributed by atoms with Crippen LogP contribution in [0.4, 0.5) is 23.2 Å². The van der Waals surface area contributed by atoms with Gasteiger partial charge in [-0.3, -0.25) is 4.79 Å². The predicted molar refractivity (Wildman–Crippen MR) is 127 cm³/mol. The maximum absolute atomic E-state index is 13.5. The highest BCUT2D eigenvalue weighted by Gasteiger charge is 2.35. The van der Waals surface area contributed by atoms with Crippen LogP contribution >= 0.6 is 11.6 Å². The van der Waals surface area contributed by atoms with Gasteiger partial charge in [0.25, 0.3) is 0 Å². The highest BCUT2D eigenvalue weighted by Crippen LogP contribution is 2.35. The number of halogens is 5. The van der Waals surface area contributed by atoms with Crippen LogP contribution in [0.25, 0.3) is 11.3 Å². The number of carbonyl (C=O) groups excluding carboxylic acids is 1. The average Bonchev–Trinajstić information content (AvgIpc) is 2.84. The normalized spacial score (nSPS) is 11.8. The Morgan fingerprint density at radius 1 is 1.03 bits per heavy atom. The summed E-state index contributed by atoms with van der Waals surface area (Å²) in [6, 6.07) is 8.30. The molecule has 1 N–H and O–H groups in total. The minimum atomic E-state index is -4.95. The third-order valence-electron chi connectivity index (χ3n) is 4.97. The predicted octanol–water partition coefficient (Wildman–Crippen LogP) is 5.16. The van der Waals surface area contributed by atoms with Crippen molar-refractivity contribution in [3.63, 3.8) is 0 Å². The van der Waals surface area contributed by atoms with E-state index in [9.17, 15) is 30.8 Å². The van der Waals surface area contributed by atoms with Crippen molar-refractivity contribution in [2.24, 2.45) is 0 Å². The summed E-state index contributed by atoms with van der Waals surface area (Å²) in [6.07, 6.45) is -5.49. The van der Waals surface area contributed by atoms with E-state index in [0.29, 0.717) is 11.8 Å². The van der Waals surface area contributed by atoms with E-state index in [1.165, 1.54) is 44.6 Å². The molecule has 0 atom stereocenters. The molecule has 1 amide bonds. The van der Waals surface area contributed by atoms with E-state index < -0.39 is 44.3 Å². The topological polar surface area (TPSA) is 107 Å². The van der Waals surface area contributed by atoms with Gasteiger partial charge in [0.1, 0.15) is 11.5 Å². The van der Waals surface area contributed by atoms with Gasteiger partial charge in [0.05, 0.1) is 30.7 Å². The minimum absolute atomic E-state index is 0.138. The fourth-order valence-electron chi connectivity index (χ4n) is 3.16. The minimum Gasteiger partial charge on any atom is -0.493 e. The molecular weight excluding hydrogens is 542 g/mol. The van der Waals surface area contributed by atoms with Gasteiger partial charge in [-0.05, 0) is 48.9 Å². The second kappa shape index (κ2) is 11.3. The smallest absolute Gasteiger partial charge is 0.433 e. The quantitative estimate of drug-likeness (QED) is 0.284. The molecule has 8 nitrogen and oxygen atoms in total. The maximum atomic E-state index is 13.5. The zero-order valence-electron chi connectivity index (χ0n) is 19.4. The van der Waals surface area contributed by atoms with Gasteiger partial charge in [-0.15, -0.1) is 0 Å². The van der Waals surface area contributed by atoms with E-state index >= 15 is 0 Å². The van der Waals surface area contributed by atoms with Crippen LogP contribution in [0.2, 0.25) is 5.02 Å². The molecule has 0 bridgehead atoms. The molecule has 1 heterocycles. The molecule has 0 aliphatic carbocycles. The third kappa shape index (κ3) is 7.07. The molecule has 0 unspecified atom stereocenters. The van der Waals surface area contributed by atoms with E-state index in [1.807, 2.05) is 0 Å². The van der Waals surface area contributed by atoms with E-state index in [-0.39, 0.29) is 40.6 Å². The molecule has 2 aromatic carbocycles. The zero-order valence-corrected chi connectivity index (χ0v) is 21.0. The van der Waals surface area contributed by atoms with Gasteiger partial charge >= 0.3 is 6.18 Å². The number of nitrogens with one attached hydrogen (secondary N) is 1. The Balaban J connectivity index is 1.82. The van der Waals surface area contributed by atoms with Crippen molar-refractivity contribution in [1.82, 2.24) is 9.97 Å². The molecule has 3 rings (SSSR count). The van der Waals surface area contributed by atoms with Gasteiger partial charge in [0, 0.05) is 17.7 Å². The Morgan fingerprint density at radius 2 is 1.73 bits per heavy atom. The molecular formula is C23H20ClF4N3O5S. The molecule has 0 saturated carbocycles. The van der Waals surface area contributed by atoms with Gasteiger partial charge in [-0.1, -0.05) is 11.6 Å². The summed E-state index contributed by atoms with van der Waals surface area (Å²) in [6.45, 7) is 0. The molecule has 1 aromatic heterocycles. The Kier molecular flexibility index (Phi) is 8.59. The molecule has 0 radical (unpaired) electrons. The molecule has 0 fully saturated rings. The van der Waals surface area contributed by atoms with Crippen LogP contribution in [-0.4, -0.2) is 44.3 Å². The summed E-state index contributed by atoms with van der Waals surface area (Å²) in [5.41, 5.74) is -1.41. The van der Waals surface area contributed by atoms with Crippen LogP contribution in [0.15, 0.2) is 47.6 Å². The van der Waals surface area contributed by atoms with Crippen molar-refractivity contribution >= 4 is 33.0 Å². The highest BCUT2D eigenvalue weighted by molar-refractivity contribution is 7.91. The monoisotopic (exact) mass is 561 g/mol. The van der Waals surface area contributed by atoms with Crippen LogP contribution in [0.5, 0.6) is 11.5 Å². The fourth-order valence-corrected chi connectivity index (χ4v) is 4.53. The van der Waals surface area contributed by atoms with Gasteiger partial charge in [-0.2, -0.15) is 13.2 Å². The lowest BCUT2D eigenvalue weighted by molar-refractivity contribution is -0.141. The summed E-state index contributed by atoms with van der Waals surface area (Å²) in [5, 5.41) is 1.18. The molecule has 0 aliphatic heterocycles. The number of aromatic nitrogens is 2. The largest absolute Gasteiger partial charge is 0.493 e. The molecule has 37 heavy (non-hydrogen) atoms. The number of hydrogen-bond donors (Lipinski definition) is 1. The van der Waals surface area contributed by atoms with Crippen molar-refractivity contribution in [3.05, 3.63) is 59.0 Å². The standard InChI is InChI=1S/C23H20ClF4N3O5S/c1-35-18-8-5-13(10-19(18)36-2)17-12-20(23(26,27)28)31-22(30-17)37(33,34)9-3-4-21(32)29-14-6-7-16(25)15(24)11-14/h5-8,10-12H,3-4,9H2,1-2H3,(H,29,32). The summed E-state index contributed by atoms with van der Waals surface area (Å²) in [4.78, 5) is 19.2. The zero-order chi connectivity index (χ0) is 27.4. The van der Waals surface area contributed by atoms with Crippen LogP contribution in [0, 0.1) is 5.82 Å². The Bertz CT molecular complexity index is 1420. The molecule has 0 saturated heterocycles. The fraction of sp³-hybridized carbons (Fsp3) is 0.261. The van der Waals surface area contributed by atoms with Gasteiger partial charge in [0.2, 0.25) is 20.9 Å². The summed E-state index contributed by atoms with van der Waals surface area (Å²) < 4.78 is 89.7. The van der Waals surface area contributed by atoms with Crippen LogP contribution in [-0.2, 0) is 20.8 Å². The van der Waals surface area contributed by atoms with Crippen molar-refractivity contribution in [1.29, 1.82) is 0 Å². The Labute approximate surface area is 214 Å². The van der Waals surface area contributed by atoms with Crippen molar-refractivity contribution in [2.45, 2.75) is 24.2 Å². The van der Waals surface area contributed by atoms with E-state index in [1.54, 1.807) is 0 Å². The number of hydrogen-bond acceptors (Lipinski definition) is 7. The molecule has 14 heteroatoms. The number of rotatable bonds is 9. The van der Waals surface area contributed by atoms with Crippen molar-refractivity contribution in [2.75, 3.05) is 25.3 Å². The van der Waals surface area contributed by atoms with Gasteiger partial charge in [0.15, 0.2) is 11.5 Å². The number of carbonyl (C=O) groups is 1. The van der Waals surface area contributed by atoms with E-state index in [2.05, 4.69) is 15.3 Å². The van der Waals surface area contributed by atoms with Crippen LogP contribution in [0.3, 0.4) is 0 Å². The summed E-state index contributed by atoms with van der Waals surface area (Å²) >= 11 is 5.65. The highest BCUT2D eigenvalue weighted by atomic mass is 35.5. The molecule has 0 aliphatic rings. The van der Waals surface area contributed by atoms with Crippen molar-refractivity contribution < 1.29 is 40.2 Å². The first-order valence-corrected chi connectivity index (χ1v) is 12.5. The third-order valence-corrected chi connectivity index (χ3v) is 6.83. The number of nitrogens with zero attached hydrogens (tertiary/aromatic N) is 2. The number of benzene rings is 2. The summed E-state index contributed by atoms with van der Waals surface area (Å²) in [7, 11) is -1.70. The van der Waals surface area contributed by atoms with Crippen LogP contribution < -0.4 is 14.8 Å². The van der Waals surface area contributed by atoms with Crippen molar-refractivity contribution in [3.8, 4) is 22.8 Å². The maximum Gasteiger partial charge on any atom is 0.433 e. The molecule has 0 spiro atoms. The SMILES string of the molecule is COc1ccc(-c2cc(C(F)(F)F)nc(S(=O)(=O)CCCC(=O)Nc3ccc(F)c(Cl)c3)n2)cc1OC. The number of methoxy groups -OCH3 is 2. The first-order chi connectivity index (χ1) is 17.3. The summed E-state index contributed by atoms with van der Waals surface area (Å²) in [5.74, 6) is -1.47. The van der Waals surface area contributed by atoms with Gasteiger partial charge < -0.3 is 14.8 Å². The average molecular weight is 562 g/mol. The van der Waals surface area contributed by atoms with E-state index in [0.717, 1.165) is 6.07 Å². The number of alkyl halides is 3. The second-order valence-electron chi connectivity index (χ2n) is 7.59. The number of sulfone groups is 1. The van der Waals surface area contributed by atoms with E-state index in [4.69, 9.17) is 21.1 Å². The number of amides is 1. The lowest BCUT2D eigenvalue weighted by atomic mass is 10.1. The second-order valence-corrected chi connectivity index (χ2v) is 10.00. The first kappa shape index (κ1) is 28.1. The van der Waals surface area contributed by atoms with Crippen LogP contribution in [0.1, 0.15) is 18.5 Å². The Morgan fingerprint density at radius 3 is 2.35 bits per heavy atom. The first-order valence-electron chi connectivity index (χ1n) is 10.5. The van der Waals surface area contributed by atoms with Gasteiger partial charge in [-0.25, -0.2) is 22.8 Å².